The van der Waals surface area contributed by atoms with Crippen LogP contribution in [0.25, 0.3) is 0 Å². The SMILES string of the molecule is CCNCc1ccc(CN(CC(C)C)CC(C)C)s1. The molecule has 0 aliphatic rings. The standard InChI is InChI=1S/C16H30N2S/c1-6-17-9-15-7-8-16(19-15)12-18(10-13(2)3)11-14(4)5/h7-8,13-14,17H,6,9-12H2,1-5H3. The van der Waals surface area contributed by atoms with Crippen LogP contribution in [-0.2, 0) is 13.1 Å². The summed E-state index contributed by atoms with van der Waals surface area (Å²) in [7, 11) is 0. The fourth-order valence-electron chi connectivity index (χ4n) is 2.31. The first-order chi connectivity index (χ1) is 9.01. The van der Waals surface area contributed by atoms with Gasteiger partial charge >= 0.3 is 0 Å². The molecular weight excluding hydrogens is 252 g/mol. The lowest BCUT2D eigenvalue weighted by Crippen LogP contribution is -2.30. The van der Waals surface area contributed by atoms with Gasteiger partial charge in [-0.2, -0.15) is 0 Å². The first-order valence-electron chi connectivity index (χ1n) is 7.51. The maximum atomic E-state index is 3.39. The van der Waals surface area contributed by atoms with Crippen LogP contribution in [0.5, 0.6) is 0 Å². The van der Waals surface area contributed by atoms with E-state index >= 15 is 0 Å². The van der Waals surface area contributed by atoms with Gasteiger partial charge in [-0.15, -0.1) is 11.3 Å². The minimum Gasteiger partial charge on any atom is -0.312 e. The van der Waals surface area contributed by atoms with E-state index in [1.54, 1.807) is 0 Å². The normalized spacial score (nSPS) is 12.0. The van der Waals surface area contributed by atoms with E-state index in [0.717, 1.165) is 31.5 Å². The Balaban J connectivity index is 2.54. The van der Waals surface area contributed by atoms with Crippen molar-refractivity contribution >= 4 is 11.3 Å². The molecule has 0 amide bonds. The second-order valence-corrected chi connectivity index (χ2v) is 7.38. The van der Waals surface area contributed by atoms with Gasteiger partial charge in [0.2, 0.25) is 0 Å². The van der Waals surface area contributed by atoms with Gasteiger partial charge in [0, 0.05) is 35.9 Å². The minimum atomic E-state index is 0.736. The first-order valence-corrected chi connectivity index (χ1v) is 8.33. The van der Waals surface area contributed by atoms with Gasteiger partial charge in [0.05, 0.1) is 0 Å². The van der Waals surface area contributed by atoms with E-state index in [0.29, 0.717) is 0 Å². The Hall–Kier alpha value is -0.380. The lowest BCUT2D eigenvalue weighted by Gasteiger charge is -2.25. The van der Waals surface area contributed by atoms with Crippen LogP contribution in [0, 0.1) is 11.8 Å². The van der Waals surface area contributed by atoms with Crippen LogP contribution in [0.3, 0.4) is 0 Å². The van der Waals surface area contributed by atoms with Crippen molar-refractivity contribution in [3.05, 3.63) is 21.9 Å². The molecule has 1 rings (SSSR count). The Labute approximate surface area is 123 Å². The third-order valence-electron chi connectivity index (χ3n) is 2.89. The molecule has 1 N–H and O–H groups in total. The second kappa shape index (κ2) is 8.72. The van der Waals surface area contributed by atoms with Gasteiger partial charge < -0.3 is 5.32 Å². The summed E-state index contributed by atoms with van der Waals surface area (Å²) in [5.74, 6) is 1.47. The summed E-state index contributed by atoms with van der Waals surface area (Å²) in [6.07, 6.45) is 0. The molecule has 0 saturated heterocycles. The molecule has 0 spiro atoms. The van der Waals surface area contributed by atoms with E-state index in [1.165, 1.54) is 22.8 Å². The van der Waals surface area contributed by atoms with Crippen molar-refractivity contribution in [2.45, 2.75) is 47.7 Å². The highest BCUT2D eigenvalue weighted by atomic mass is 32.1. The molecule has 0 bridgehead atoms. The molecule has 19 heavy (non-hydrogen) atoms. The van der Waals surface area contributed by atoms with Crippen molar-refractivity contribution in [3.63, 3.8) is 0 Å². The molecule has 1 aromatic rings. The van der Waals surface area contributed by atoms with Crippen molar-refractivity contribution in [2.24, 2.45) is 11.8 Å². The van der Waals surface area contributed by atoms with Crippen LogP contribution in [0.2, 0.25) is 0 Å². The molecule has 1 aromatic heterocycles. The average Bonchev–Trinajstić information content (AvgIpc) is 2.72. The lowest BCUT2D eigenvalue weighted by atomic mass is 10.1. The molecular formula is C16H30N2S. The predicted molar refractivity (Wildman–Crippen MR) is 86.7 cm³/mol. The van der Waals surface area contributed by atoms with Gasteiger partial charge in [-0.3, -0.25) is 4.90 Å². The van der Waals surface area contributed by atoms with E-state index in [2.05, 4.69) is 57.0 Å². The van der Waals surface area contributed by atoms with E-state index in [-0.39, 0.29) is 0 Å². The number of nitrogens with zero attached hydrogens (tertiary/aromatic N) is 1. The third kappa shape index (κ3) is 7.09. The Kier molecular flexibility index (Phi) is 7.66. The van der Waals surface area contributed by atoms with Crippen LogP contribution >= 0.6 is 11.3 Å². The largest absolute Gasteiger partial charge is 0.312 e. The molecule has 0 radical (unpaired) electrons. The monoisotopic (exact) mass is 282 g/mol. The van der Waals surface area contributed by atoms with Gasteiger partial charge in [0.1, 0.15) is 0 Å². The molecule has 0 fully saturated rings. The summed E-state index contributed by atoms with van der Waals surface area (Å²) in [5, 5.41) is 3.39. The molecule has 1 heterocycles. The van der Waals surface area contributed by atoms with E-state index < -0.39 is 0 Å². The van der Waals surface area contributed by atoms with Crippen molar-refractivity contribution in [1.82, 2.24) is 10.2 Å². The number of hydrogen-bond acceptors (Lipinski definition) is 3. The fraction of sp³-hybridized carbons (Fsp3) is 0.750. The zero-order valence-corrected chi connectivity index (χ0v) is 14.0. The molecule has 2 nitrogen and oxygen atoms in total. The maximum absolute atomic E-state index is 3.39. The summed E-state index contributed by atoms with van der Waals surface area (Å²) in [6.45, 7) is 16.9. The van der Waals surface area contributed by atoms with E-state index in [1.807, 2.05) is 11.3 Å². The predicted octanol–water partition coefficient (Wildman–Crippen LogP) is 3.97. The molecule has 0 aromatic carbocycles. The summed E-state index contributed by atoms with van der Waals surface area (Å²) >= 11 is 1.95. The molecule has 0 atom stereocenters. The summed E-state index contributed by atoms with van der Waals surface area (Å²) in [5.41, 5.74) is 0. The second-order valence-electron chi connectivity index (χ2n) is 6.13. The molecule has 0 aliphatic heterocycles. The van der Waals surface area contributed by atoms with Gasteiger partial charge in [0.25, 0.3) is 0 Å². The Morgan fingerprint density at radius 2 is 1.63 bits per heavy atom. The average molecular weight is 282 g/mol. The van der Waals surface area contributed by atoms with E-state index in [4.69, 9.17) is 0 Å². The molecule has 0 aliphatic carbocycles. The quantitative estimate of drug-likeness (QED) is 0.737. The van der Waals surface area contributed by atoms with Gasteiger partial charge in [-0.1, -0.05) is 34.6 Å². The third-order valence-corrected chi connectivity index (χ3v) is 3.96. The number of rotatable bonds is 9. The Morgan fingerprint density at radius 3 is 2.16 bits per heavy atom. The highest BCUT2D eigenvalue weighted by Gasteiger charge is 2.11. The topological polar surface area (TPSA) is 15.3 Å². The fourth-order valence-corrected chi connectivity index (χ4v) is 3.34. The van der Waals surface area contributed by atoms with Crippen LogP contribution in [0.15, 0.2) is 12.1 Å². The van der Waals surface area contributed by atoms with E-state index in [9.17, 15) is 0 Å². The van der Waals surface area contributed by atoms with Gasteiger partial charge in [-0.05, 0) is 30.5 Å². The first kappa shape index (κ1) is 16.7. The van der Waals surface area contributed by atoms with Crippen LogP contribution in [0.1, 0.15) is 44.4 Å². The molecule has 3 heteroatoms. The number of thiophene rings is 1. The van der Waals surface area contributed by atoms with Crippen molar-refractivity contribution < 1.29 is 0 Å². The smallest absolute Gasteiger partial charge is 0.0328 e. The van der Waals surface area contributed by atoms with Crippen LogP contribution in [0.4, 0.5) is 0 Å². The number of nitrogens with one attached hydrogen (secondary N) is 1. The minimum absolute atomic E-state index is 0.736. The van der Waals surface area contributed by atoms with Gasteiger partial charge in [-0.25, -0.2) is 0 Å². The molecule has 0 saturated carbocycles. The summed E-state index contributed by atoms with van der Waals surface area (Å²) in [4.78, 5) is 5.54. The summed E-state index contributed by atoms with van der Waals surface area (Å²) < 4.78 is 0. The maximum Gasteiger partial charge on any atom is 0.0328 e. The number of hydrogen-bond donors (Lipinski definition) is 1. The van der Waals surface area contributed by atoms with Crippen LogP contribution < -0.4 is 5.32 Å². The molecule has 110 valence electrons. The van der Waals surface area contributed by atoms with Gasteiger partial charge in [0.15, 0.2) is 0 Å². The zero-order valence-electron chi connectivity index (χ0n) is 13.2. The lowest BCUT2D eigenvalue weighted by molar-refractivity contribution is 0.213. The highest BCUT2D eigenvalue weighted by Crippen LogP contribution is 2.19. The summed E-state index contributed by atoms with van der Waals surface area (Å²) in [6, 6.07) is 4.57. The molecule has 0 unspecified atom stereocenters. The zero-order chi connectivity index (χ0) is 14.3. The Morgan fingerprint density at radius 1 is 1.05 bits per heavy atom. The Bertz CT molecular complexity index is 334. The van der Waals surface area contributed by atoms with Crippen molar-refractivity contribution in [2.75, 3.05) is 19.6 Å². The van der Waals surface area contributed by atoms with Crippen molar-refractivity contribution in [1.29, 1.82) is 0 Å². The highest BCUT2D eigenvalue weighted by molar-refractivity contribution is 7.11. The van der Waals surface area contributed by atoms with Crippen LogP contribution in [-0.4, -0.2) is 24.5 Å². The van der Waals surface area contributed by atoms with Crippen molar-refractivity contribution in [3.8, 4) is 0 Å².